The zero-order chi connectivity index (χ0) is 16.2. The molecule has 0 spiro atoms. The highest BCUT2D eigenvalue weighted by Crippen LogP contribution is 2.45. The molecule has 0 unspecified atom stereocenters. The van der Waals surface area contributed by atoms with Crippen molar-refractivity contribution in [2.45, 2.75) is 51.5 Å². The molecule has 20 heavy (non-hydrogen) atoms. The van der Waals surface area contributed by atoms with Gasteiger partial charge in [-0.05, 0) is 18.8 Å². The van der Waals surface area contributed by atoms with Gasteiger partial charge in [0.15, 0.2) is 0 Å². The maximum absolute atomic E-state index is 12.7. The Balaban J connectivity index is 4.97. The van der Waals surface area contributed by atoms with Gasteiger partial charge in [-0.1, -0.05) is 20.8 Å². The van der Waals surface area contributed by atoms with Gasteiger partial charge in [-0.3, -0.25) is 5.32 Å². The van der Waals surface area contributed by atoms with Gasteiger partial charge in [0.2, 0.25) is 5.54 Å². The number of alkyl carbamates (subject to hydrolysis) is 1. The van der Waals surface area contributed by atoms with Crippen molar-refractivity contribution in [3.05, 3.63) is 0 Å². The van der Waals surface area contributed by atoms with Gasteiger partial charge in [-0.15, -0.1) is 0 Å². The Morgan fingerprint density at radius 2 is 1.55 bits per heavy atom. The van der Waals surface area contributed by atoms with Crippen molar-refractivity contribution < 1.29 is 35.9 Å². The van der Waals surface area contributed by atoms with Gasteiger partial charge in [0.1, 0.15) is 0 Å². The maximum Gasteiger partial charge on any atom is 0.420 e. The SMILES string of the molecule is CCC(NC(=O)OCCC(C)C)(C(F)(F)F)C(F)(F)F. The molecule has 0 fully saturated rings. The number of halogens is 6. The van der Waals surface area contributed by atoms with E-state index in [9.17, 15) is 31.1 Å². The fraction of sp³-hybridized carbons (Fsp3) is 0.909. The second-order valence-corrected chi connectivity index (χ2v) is 4.70. The molecule has 3 nitrogen and oxygen atoms in total. The highest BCUT2D eigenvalue weighted by molar-refractivity contribution is 5.68. The Hall–Kier alpha value is -1.15. The molecule has 0 bridgehead atoms. The minimum atomic E-state index is -5.67. The van der Waals surface area contributed by atoms with Crippen molar-refractivity contribution in [2.75, 3.05) is 6.61 Å². The van der Waals surface area contributed by atoms with Gasteiger partial charge in [0.25, 0.3) is 0 Å². The second-order valence-electron chi connectivity index (χ2n) is 4.70. The summed E-state index contributed by atoms with van der Waals surface area (Å²) in [5.74, 6) is 0.101. The van der Waals surface area contributed by atoms with Crippen LogP contribution < -0.4 is 5.32 Å². The predicted molar refractivity (Wildman–Crippen MR) is 59.1 cm³/mol. The number of alkyl halides is 6. The highest BCUT2D eigenvalue weighted by atomic mass is 19.4. The summed E-state index contributed by atoms with van der Waals surface area (Å²) in [6.45, 7) is 3.97. The van der Waals surface area contributed by atoms with E-state index < -0.39 is 30.4 Å². The van der Waals surface area contributed by atoms with Crippen LogP contribution in [0, 0.1) is 5.92 Å². The first kappa shape index (κ1) is 18.9. The summed E-state index contributed by atoms with van der Waals surface area (Å²) in [4.78, 5) is 11.2. The standard InChI is InChI=1S/C11H17F6NO2/c1-4-9(10(12,13)14,11(15,16)17)18-8(19)20-6-5-7(2)3/h7H,4-6H2,1-3H3,(H,18,19). The second kappa shape index (κ2) is 6.53. The van der Waals surface area contributed by atoms with Crippen molar-refractivity contribution in [2.24, 2.45) is 5.92 Å². The average Bonchev–Trinajstić information content (AvgIpc) is 2.21. The van der Waals surface area contributed by atoms with Crippen LogP contribution in [0.3, 0.4) is 0 Å². The summed E-state index contributed by atoms with van der Waals surface area (Å²) in [6, 6.07) is 0. The Kier molecular flexibility index (Phi) is 6.16. The first-order valence-electron chi connectivity index (χ1n) is 5.95. The molecule has 0 rings (SSSR count). The Morgan fingerprint density at radius 3 is 1.85 bits per heavy atom. The summed E-state index contributed by atoms with van der Waals surface area (Å²) < 4.78 is 80.5. The lowest BCUT2D eigenvalue weighted by molar-refractivity contribution is -0.305. The summed E-state index contributed by atoms with van der Waals surface area (Å²) in [5, 5.41) is 0.923. The van der Waals surface area contributed by atoms with E-state index in [2.05, 4.69) is 4.74 Å². The van der Waals surface area contributed by atoms with Crippen LogP contribution in [-0.4, -0.2) is 30.6 Å². The number of carbonyl (C=O) groups excluding carboxylic acids is 1. The smallest absolute Gasteiger partial charge is 0.420 e. The molecule has 0 aromatic carbocycles. The molecular formula is C11H17F6NO2. The van der Waals surface area contributed by atoms with Crippen LogP contribution in [-0.2, 0) is 4.74 Å². The van der Waals surface area contributed by atoms with Crippen molar-refractivity contribution in [3.8, 4) is 0 Å². The molecule has 0 saturated carbocycles. The molecule has 0 aliphatic heterocycles. The van der Waals surface area contributed by atoms with E-state index in [0.29, 0.717) is 13.3 Å². The van der Waals surface area contributed by atoms with E-state index in [0.717, 1.165) is 5.32 Å². The summed E-state index contributed by atoms with van der Waals surface area (Å²) >= 11 is 0. The molecule has 0 saturated heterocycles. The third kappa shape index (κ3) is 4.45. The lowest BCUT2D eigenvalue weighted by Crippen LogP contribution is -2.67. The fourth-order valence-corrected chi connectivity index (χ4v) is 1.39. The van der Waals surface area contributed by atoms with Crippen LogP contribution >= 0.6 is 0 Å². The number of hydrogen-bond donors (Lipinski definition) is 1. The molecule has 1 amide bonds. The van der Waals surface area contributed by atoms with E-state index >= 15 is 0 Å². The normalized spacial score (nSPS) is 13.5. The number of amides is 1. The van der Waals surface area contributed by atoms with Gasteiger partial charge in [-0.2, -0.15) is 26.3 Å². The molecule has 0 aromatic rings. The topological polar surface area (TPSA) is 38.3 Å². The molecule has 0 aliphatic rings. The molecule has 0 heterocycles. The Bertz CT molecular complexity index is 310. The monoisotopic (exact) mass is 309 g/mol. The first-order valence-corrected chi connectivity index (χ1v) is 5.95. The Labute approximate surface area is 112 Å². The molecule has 0 aromatic heterocycles. The third-order valence-electron chi connectivity index (χ3n) is 2.74. The number of hydrogen-bond acceptors (Lipinski definition) is 2. The van der Waals surface area contributed by atoms with Crippen LogP contribution in [0.15, 0.2) is 0 Å². The van der Waals surface area contributed by atoms with Crippen molar-refractivity contribution >= 4 is 6.09 Å². The highest BCUT2D eigenvalue weighted by Gasteiger charge is 2.70. The van der Waals surface area contributed by atoms with Crippen LogP contribution in [0.2, 0.25) is 0 Å². The quantitative estimate of drug-likeness (QED) is 0.779. The largest absolute Gasteiger partial charge is 0.450 e. The zero-order valence-electron chi connectivity index (χ0n) is 11.3. The van der Waals surface area contributed by atoms with E-state index in [1.165, 1.54) is 0 Å². The predicted octanol–water partition coefficient (Wildman–Crippen LogP) is 4.03. The van der Waals surface area contributed by atoms with E-state index in [4.69, 9.17) is 0 Å². The van der Waals surface area contributed by atoms with Crippen LogP contribution in [0.4, 0.5) is 31.1 Å². The first-order chi connectivity index (χ1) is 8.87. The minimum Gasteiger partial charge on any atom is -0.450 e. The van der Waals surface area contributed by atoms with Crippen LogP contribution in [0.25, 0.3) is 0 Å². The summed E-state index contributed by atoms with van der Waals surface area (Å²) in [6.07, 6.45) is -14.1. The number of nitrogens with one attached hydrogen (secondary N) is 1. The number of ether oxygens (including phenoxy) is 1. The van der Waals surface area contributed by atoms with E-state index in [-0.39, 0.29) is 12.5 Å². The summed E-state index contributed by atoms with van der Waals surface area (Å²) in [5.41, 5.74) is -4.30. The van der Waals surface area contributed by atoms with Gasteiger partial charge in [-0.25, -0.2) is 4.79 Å². The zero-order valence-corrected chi connectivity index (χ0v) is 11.3. The van der Waals surface area contributed by atoms with E-state index in [1.54, 1.807) is 13.8 Å². The van der Waals surface area contributed by atoms with Crippen molar-refractivity contribution in [1.82, 2.24) is 5.32 Å². The van der Waals surface area contributed by atoms with Gasteiger partial charge in [0.05, 0.1) is 6.61 Å². The fourth-order valence-electron chi connectivity index (χ4n) is 1.39. The minimum absolute atomic E-state index is 0.101. The molecule has 9 heteroatoms. The third-order valence-corrected chi connectivity index (χ3v) is 2.74. The molecular weight excluding hydrogens is 292 g/mol. The van der Waals surface area contributed by atoms with Crippen LogP contribution in [0.1, 0.15) is 33.6 Å². The van der Waals surface area contributed by atoms with Crippen molar-refractivity contribution in [1.29, 1.82) is 0 Å². The van der Waals surface area contributed by atoms with Crippen molar-refractivity contribution in [3.63, 3.8) is 0 Å². The molecule has 0 aliphatic carbocycles. The number of rotatable bonds is 5. The lowest BCUT2D eigenvalue weighted by atomic mass is 9.94. The average molecular weight is 309 g/mol. The lowest BCUT2D eigenvalue weighted by Gasteiger charge is -2.36. The molecule has 1 N–H and O–H groups in total. The Morgan fingerprint density at radius 1 is 1.10 bits per heavy atom. The van der Waals surface area contributed by atoms with Gasteiger partial charge >= 0.3 is 18.4 Å². The molecule has 120 valence electrons. The van der Waals surface area contributed by atoms with Crippen LogP contribution in [0.5, 0.6) is 0 Å². The maximum atomic E-state index is 12.7. The van der Waals surface area contributed by atoms with E-state index in [1.807, 2.05) is 0 Å². The number of carbonyl (C=O) groups is 1. The van der Waals surface area contributed by atoms with Gasteiger partial charge in [0, 0.05) is 0 Å². The van der Waals surface area contributed by atoms with Gasteiger partial charge < -0.3 is 4.74 Å². The molecule has 0 atom stereocenters. The molecule has 0 radical (unpaired) electrons. The summed E-state index contributed by atoms with van der Waals surface area (Å²) in [7, 11) is 0.